The number of nitrogens with two attached hydrogens (primary N) is 1. The average molecular weight is 287 g/mol. The highest BCUT2D eigenvalue weighted by molar-refractivity contribution is 5.61. The molecule has 0 aliphatic heterocycles. The number of likely N-dealkylation sites (N-methyl/N-ethyl adjacent to an activating group) is 1. The van der Waals surface area contributed by atoms with E-state index in [4.69, 9.17) is 10.6 Å². The molecule has 0 aliphatic carbocycles. The van der Waals surface area contributed by atoms with Crippen LogP contribution in [-0.2, 0) is 4.74 Å². The number of hydrogen-bond acceptors (Lipinski definition) is 6. The van der Waals surface area contributed by atoms with E-state index in [2.05, 4.69) is 27.2 Å². The number of nitrogen functional groups attached to an aromatic ring is 1. The molecule has 21 heavy (non-hydrogen) atoms. The number of rotatable bonds is 7. The number of benzene rings is 1. The summed E-state index contributed by atoms with van der Waals surface area (Å²) in [7, 11) is 1.69. The molecule has 0 saturated carbocycles. The number of ether oxygens (including phenoxy) is 1. The third kappa shape index (κ3) is 3.90. The Morgan fingerprint density at radius 1 is 1.24 bits per heavy atom. The first kappa shape index (κ1) is 15.2. The third-order valence-corrected chi connectivity index (χ3v) is 3.16. The van der Waals surface area contributed by atoms with Gasteiger partial charge in [-0.25, -0.2) is 15.8 Å². The number of hydrogen-bond donors (Lipinski definition) is 2. The number of anilines is 2. The van der Waals surface area contributed by atoms with Gasteiger partial charge in [0, 0.05) is 31.8 Å². The second-order valence-corrected chi connectivity index (χ2v) is 4.52. The zero-order chi connectivity index (χ0) is 15.1. The van der Waals surface area contributed by atoms with Crippen LogP contribution in [0.25, 0.3) is 11.4 Å². The van der Waals surface area contributed by atoms with Crippen LogP contribution in [0.2, 0.25) is 0 Å². The summed E-state index contributed by atoms with van der Waals surface area (Å²) in [5, 5.41) is 0. The molecule has 1 aromatic carbocycles. The molecule has 0 radical (unpaired) electrons. The Labute approximate surface area is 124 Å². The highest BCUT2D eigenvalue weighted by Gasteiger charge is 2.11. The molecule has 0 spiro atoms. The van der Waals surface area contributed by atoms with Gasteiger partial charge < -0.3 is 15.1 Å². The Balaban J connectivity index is 2.37. The molecule has 6 nitrogen and oxygen atoms in total. The molecule has 3 N–H and O–H groups in total. The van der Waals surface area contributed by atoms with Crippen LogP contribution in [0.15, 0.2) is 36.4 Å². The van der Waals surface area contributed by atoms with Crippen LogP contribution >= 0.6 is 0 Å². The minimum absolute atomic E-state index is 0.592. The van der Waals surface area contributed by atoms with Crippen LogP contribution in [0.3, 0.4) is 0 Å². The van der Waals surface area contributed by atoms with Crippen LogP contribution in [0.1, 0.15) is 6.92 Å². The number of hydrazine groups is 1. The second kappa shape index (κ2) is 7.56. The van der Waals surface area contributed by atoms with Crippen molar-refractivity contribution < 1.29 is 4.74 Å². The van der Waals surface area contributed by atoms with Crippen LogP contribution < -0.4 is 16.2 Å². The zero-order valence-corrected chi connectivity index (χ0v) is 12.4. The lowest BCUT2D eigenvalue weighted by atomic mass is 10.2. The van der Waals surface area contributed by atoms with Gasteiger partial charge in [-0.05, 0) is 6.92 Å². The fourth-order valence-electron chi connectivity index (χ4n) is 2.02. The molecule has 2 aromatic rings. The lowest BCUT2D eigenvalue weighted by Crippen LogP contribution is -2.28. The van der Waals surface area contributed by atoms with Crippen molar-refractivity contribution in [2.75, 3.05) is 37.1 Å². The first-order valence-corrected chi connectivity index (χ1v) is 6.93. The Hall–Kier alpha value is -2.18. The van der Waals surface area contributed by atoms with E-state index in [0.717, 1.165) is 24.5 Å². The lowest BCUT2D eigenvalue weighted by molar-refractivity contribution is 0.205. The first-order valence-electron chi connectivity index (χ1n) is 6.93. The molecular formula is C15H21N5O. The summed E-state index contributed by atoms with van der Waals surface area (Å²) >= 11 is 0. The molecule has 0 bridgehead atoms. The number of nitrogens with one attached hydrogen (secondary N) is 1. The number of aromatic nitrogens is 2. The van der Waals surface area contributed by atoms with E-state index in [1.54, 1.807) is 7.11 Å². The van der Waals surface area contributed by atoms with Crippen LogP contribution in [-0.4, -0.2) is 36.8 Å². The van der Waals surface area contributed by atoms with Crippen molar-refractivity contribution in [1.29, 1.82) is 0 Å². The summed E-state index contributed by atoms with van der Waals surface area (Å²) < 4.78 is 5.14. The van der Waals surface area contributed by atoms with Gasteiger partial charge in [0.05, 0.1) is 6.61 Å². The summed E-state index contributed by atoms with van der Waals surface area (Å²) in [5.41, 5.74) is 3.56. The lowest BCUT2D eigenvalue weighted by Gasteiger charge is -2.22. The van der Waals surface area contributed by atoms with E-state index in [9.17, 15) is 0 Å². The average Bonchev–Trinajstić information content (AvgIpc) is 2.56. The molecule has 1 heterocycles. The van der Waals surface area contributed by atoms with Crippen molar-refractivity contribution in [1.82, 2.24) is 9.97 Å². The van der Waals surface area contributed by atoms with Crippen molar-refractivity contribution in [2.45, 2.75) is 6.92 Å². The second-order valence-electron chi connectivity index (χ2n) is 4.52. The largest absolute Gasteiger partial charge is 0.383 e. The van der Waals surface area contributed by atoms with Crippen LogP contribution in [0.4, 0.5) is 11.6 Å². The van der Waals surface area contributed by atoms with E-state index in [1.165, 1.54) is 0 Å². The number of nitrogens with zero attached hydrogens (tertiary/aromatic N) is 3. The molecule has 0 amide bonds. The molecule has 0 atom stereocenters. The van der Waals surface area contributed by atoms with Crippen LogP contribution in [0.5, 0.6) is 0 Å². The van der Waals surface area contributed by atoms with Crippen molar-refractivity contribution in [3.8, 4) is 11.4 Å². The fraction of sp³-hybridized carbons (Fsp3) is 0.333. The van der Waals surface area contributed by atoms with E-state index >= 15 is 0 Å². The van der Waals surface area contributed by atoms with Crippen molar-refractivity contribution in [2.24, 2.45) is 5.84 Å². The molecule has 0 aliphatic rings. The molecule has 2 rings (SSSR count). The van der Waals surface area contributed by atoms with Gasteiger partial charge in [-0.15, -0.1) is 0 Å². The normalized spacial score (nSPS) is 10.4. The minimum atomic E-state index is 0.592. The molecular weight excluding hydrogens is 266 g/mol. The van der Waals surface area contributed by atoms with Gasteiger partial charge in [0.15, 0.2) is 5.82 Å². The molecule has 1 aromatic heterocycles. The third-order valence-electron chi connectivity index (χ3n) is 3.16. The van der Waals surface area contributed by atoms with Gasteiger partial charge in [-0.2, -0.15) is 0 Å². The maximum absolute atomic E-state index is 5.52. The molecule has 0 saturated heterocycles. The highest BCUT2D eigenvalue weighted by Crippen LogP contribution is 2.21. The summed E-state index contributed by atoms with van der Waals surface area (Å²) in [6, 6.07) is 11.7. The Bertz CT molecular complexity index is 561. The van der Waals surface area contributed by atoms with E-state index < -0.39 is 0 Å². The Morgan fingerprint density at radius 3 is 2.62 bits per heavy atom. The van der Waals surface area contributed by atoms with Gasteiger partial charge in [-0.1, -0.05) is 30.3 Å². The Morgan fingerprint density at radius 2 is 2.00 bits per heavy atom. The maximum Gasteiger partial charge on any atom is 0.163 e. The predicted molar refractivity (Wildman–Crippen MR) is 85.0 cm³/mol. The summed E-state index contributed by atoms with van der Waals surface area (Å²) in [6.45, 7) is 4.32. The van der Waals surface area contributed by atoms with Crippen molar-refractivity contribution in [3.63, 3.8) is 0 Å². The Kier molecular flexibility index (Phi) is 5.48. The van der Waals surface area contributed by atoms with Gasteiger partial charge in [-0.3, -0.25) is 0 Å². The van der Waals surface area contributed by atoms with Crippen molar-refractivity contribution in [3.05, 3.63) is 36.4 Å². The van der Waals surface area contributed by atoms with Gasteiger partial charge in [0.2, 0.25) is 0 Å². The number of methoxy groups -OCH3 is 1. The van der Waals surface area contributed by atoms with E-state index in [1.807, 2.05) is 36.4 Å². The minimum Gasteiger partial charge on any atom is -0.383 e. The molecule has 0 fully saturated rings. The van der Waals surface area contributed by atoms with Crippen LogP contribution in [0, 0.1) is 0 Å². The quantitative estimate of drug-likeness (QED) is 0.598. The molecule has 112 valence electrons. The maximum atomic E-state index is 5.52. The summed E-state index contributed by atoms with van der Waals surface area (Å²) in [4.78, 5) is 11.2. The predicted octanol–water partition coefficient (Wildman–Crippen LogP) is 1.90. The standard InChI is InChI=1S/C15H21N5O/c1-3-20(9-10-21-2)14-11-13(19-16)17-15(18-14)12-7-5-4-6-8-12/h4-8,11H,3,9-10,16H2,1-2H3,(H,17,18,19). The van der Waals surface area contributed by atoms with Crippen molar-refractivity contribution >= 4 is 11.6 Å². The molecule has 0 unspecified atom stereocenters. The monoisotopic (exact) mass is 287 g/mol. The van der Waals surface area contributed by atoms with E-state index in [-0.39, 0.29) is 0 Å². The van der Waals surface area contributed by atoms with Gasteiger partial charge >= 0.3 is 0 Å². The smallest absolute Gasteiger partial charge is 0.163 e. The fourth-order valence-corrected chi connectivity index (χ4v) is 2.02. The SMILES string of the molecule is CCN(CCOC)c1cc(NN)nc(-c2ccccc2)n1. The van der Waals surface area contributed by atoms with Gasteiger partial charge in [0.1, 0.15) is 11.6 Å². The zero-order valence-electron chi connectivity index (χ0n) is 12.4. The summed E-state index contributed by atoms with van der Waals surface area (Å²) in [6.07, 6.45) is 0. The van der Waals surface area contributed by atoms with E-state index in [0.29, 0.717) is 18.2 Å². The first-order chi connectivity index (χ1) is 10.3. The topological polar surface area (TPSA) is 76.3 Å². The highest BCUT2D eigenvalue weighted by atomic mass is 16.5. The van der Waals surface area contributed by atoms with Gasteiger partial charge in [0.25, 0.3) is 0 Å². The molecule has 6 heteroatoms. The summed E-state index contributed by atoms with van der Waals surface area (Å²) in [5.74, 6) is 7.60.